The Morgan fingerprint density at radius 3 is 3.00 bits per heavy atom. The van der Waals surface area contributed by atoms with E-state index in [1.165, 1.54) is 30.8 Å². The second kappa shape index (κ2) is 3.41. The van der Waals surface area contributed by atoms with E-state index in [0.717, 1.165) is 23.2 Å². The molecule has 0 radical (unpaired) electrons. The van der Waals surface area contributed by atoms with Gasteiger partial charge in [-0.05, 0) is 24.4 Å². The number of anilines is 1. The van der Waals surface area contributed by atoms with Crippen LogP contribution in [0, 0.1) is 0 Å². The summed E-state index contributed by atoms with van der Waals surface area (Å²) in [7, 11) is 0. The summed E-state index contributed by atoms with van der Waals surface area (Å²) in [5.41, 5.74) is 6.85. The lowest BCUT2D eigenvalue weighted by molar-refractivity contribution is 0.338. The number of hydrogen-bond donors (Lipinski definition) is 2. The molecule has 3 nitrogen and oxygen atoms in total. The minimum Gasteiger partial charge on any atom is -0.389 e. The molecule has 66 valence electrons. The van der Waals surface area contributed by atoms with Crippen LogP contribution in [0.4, 0.5) is 5.00 Å². The summed E-state index contributed by atoms with van der Waals surface area (Å²) < 4.78 is 4.02. The Bertz CT molecular complexity index is 255. The molecule has 1 aromatic heterocycles. The maximum absolute atomic E-state index is 5.70. The highest BCUT2D eigenvalue weighted by Gasteiger charge is 2.16. The first-order chi connectivity index (χ1) is 5.86. The molecule has 0 saturated heterocycles. The molecule has 0 spiro atoms. The van der Waals surface area contributed by atoms with Gasteiger partial charge in [0, 0.05) is 24.3 Å². The molecule has 0 bridgehead atoms. The van der Waals surface area contributed by atoms with Crippen molar-refractivity contribution in [2.24, 2.45) is 0 Å². The summed E-state index contributed by atoms with van der Waals surface area (Å²) >= 11 is 1.37. The molecule has 0 unspecified atom stereocenters. The third kappa shape index (κ3) is 1.59. The first-order valence-electron chi connectivity index (χ1n) is 4.28. The summed E-state index contributed by atoms with van der Waals surface area (Å²) in [6.45, 7) is 0.882. The fourth-order valence-corrected chi connectivity index (χ4v) is 1.80. The first kappa shape index (κ1) is 8.01. The standard InChI is InChI=1S/C8H13N3S/c9-8-6(5-11-12-8)4-10-7-2-1-3-7/h5,7,10H,1-4,9H2. The Balaban J connectivity index is 1.82. The van der Waals surface area contributed by atoms with E-state index >= 15 is 0 Å². The van der Waals surface area contributed by atoms with Crippen LogP contribution >= 0.6 is 11.5 Å². The van der Waals surface area contributed by atoms with Crippen molar-refractivity contribution in [3.8, 4) is 0 Å². The van der Waals surface area contributed by atoms with Gasteiger partial charge in [-0.3, -0.25) is 0 Å². The molecule has 4 heteroatoms. The minimum absolute atomic E-state index is 0.726. The summed E-state index contributed by atoms with van der Waals surface area (Å²) in [6, 6.07) is 0.726. The highest BCUT2D eigenvalue weighted by molar-refractivity contribution is 7.10. The largest absolute Gasteiger partial charge is 0.389 e. The van der Waals surface area contributed by atoms with Crippen molar-refractivity contribution in [2.75, 3.05) is 5.73 Å². The van der Waals surface area contributed by atoms with Gasteiger partial charge in [-0.1, -0.05) is 6.42 Å². The van der Waals surface area contributed by atoms with Crippen LogP contribution in [0.3, 0.4) is 0 Å². The number of nitrogen functional groups attached to an aromatic ring is 1. The molecular formula is C8H13N3S. The molecule has 12 heavy (non-hydrogen) atoms. The van der Waals surface area contributed by atoms with Gasteiger partial charge >= 0.3 is 0 Å². The molecule has 1 aliphatic carbocycles. The van der Waals surface area contributed by atoms with E-state index < -0.39 is 0 Å². The van der Waals surface area contributed by atoms with E-state index in [9.17, 15) is 0 Å². The van der Waals surface area contributed by atoms with Crippen LogP contribution in [0.2, 0.25) is 0 Å². The van der Waals surface area contributed by atoms with E-state index in [2.05, 4.69) is 9.69 Å². The first-order valence-corrected chi connectivity index (χ1v) is 5.06. The summed E-state index contributed by atoms with van der Waals surface area (Å²) in [4.78, 5) is 0. The number of hydrogen-bond acceptors (Lipinski definition) is 4. The van der Waals surface area contributed by atoms with Crippen LogP contribution in [0.15, 0.2) is 6.20 Å². The Morgan fingerprint density at radius 2 is 2.50 bits per heavy atom. The number of nitrogens with one attached hydrogen (secondary N) is 1. The van der Waals surface area contributed by atoms with E-state index in [4.69, 9.17) is 5.73 Å². The predicted molar refractivity (Wildman–Crippen MR) is 51.0 cm³/mol. The van der Waals surface area contributed by atoms with Crippen molar-refractivity contribution < 1.29 is 0 Å². The van der Waals surface area contributed by atoms with Crippen molar-refractivity contribution in [1.29, 1.82) is 0 Å². The van der Waals surface area contributed by atoms with Gasteiger partial charge in [-0.25, -0.2) is 0 Å². The van der Waals surface area contributed by atoms with Crippen LogP contribution in [-0.2, 0) is 6.54 Å². The molecule has 1 saturated carbocycles. The Labute approximate surface area is 76.1 Å². The zero-order valence-corrected chi connectivity index (χ0v) is 7.73. The molecule has 1 aromatic rings. The second-order valence-corrected chi connectivity index (χ2v) is 4.06. The van der Waals surface area contributed by atoms with E-state index in [1.54, 1.807) is 0 Å². The van der Waals surface area contributed by atoms with Crippen LogP contribution < -0.4 is 11.1 Å². The fraction of sp³-hybridized carbons (Fsp3) is 0.625. The summed E-state index contributed by atoms with van der Waals surface area (Å²) in [5, 5.41) is 4.30. The van der Waals surface area contributed by atoms with Gasteiger partial charge in [0.2, 0.25) is 0 Å². The SMILES string of the molecule is Nc1sncc1CNC1CCC1. The highest BCUT2D eigenvalue weighted by Crippen LogP contribution is 2.20. The van der Waals surface area contributed by atoms with E-state index in [1.807, 2.05) is 6.20 Å². The molecule has 0 aromatic carbocycles. The molecular weight excluding hydrogens is 170 g/mol. The van der Waals surface area contributed by atoms with Crippen molar-refractivity contribution in [2.45, 2.75) is 31.8 Å². The van der Waals surface area contributed by atoms with Crippen LogP contribution in [-0.4, -0.2) is 10.4 Å². The average molecular weight is 183 g/mol. The molecule has 1 fully saturated rings. The van der Waals surface area contributed by atoms with E-state index in [-0.39, 0.29) is 0 Å². The molecule has 0 atom stereocenters. The number of nitrogens with zero attached hydrogens (tertiary/aromatic N) is 1. The predicted octanol–water partition coefficient (Wildman–Crippen LogP) is 1.37. The molecule has 1 heterocycles. The smallest absolute Gasteiger partial charge is 0.111 e. The Morgan fingerprint density at radius 1 is 1.67 bits per heavy atom. The Hall–Kier alpha value is -0.610. The normalized spacial score (nSPS) is 17.7. The zero-order valence-electron chi connectivity index (χ0n) is 6.92. The summed E-state index contributed by atoms with van der Waals surface area (Å²) in [6.07, 6.45) is 5.86. The summed E-state index contributed by atoms with van der Waals surface area (Å²) in [5.74, 6) is 0. The van der Waals surface area contributed by atoms with Crippen LogP contribution in [0.1, 0.15) is 24.8 Å². The maximum atomic E-state index is 5.70. The van der Waals surface area contributed by atoms with Gasteiger partial charge in [0.05, 0.1) is 0 Å². The van der Waals surface area contributed by atoms with Crippen molar-refractivity contribution in [1.82, 2.24) is 9.69 Å². The van der Waals surface area contributed by atoms with Crippen molar-refractivity contribution in [3.05, 3.63) is 11.8 Å². The molecule has 0 amide bonds. The lowest BCUT2D eigenvalue weighted by Crippen LogP contribution is -2.34. The monoisotopic (exact) mass is 183 g/mol. The molecule has 0 aliphatic heterocycles. The van der Waals surface area contributed by atoms with Gasteiger partial charge in [0.25, 0.3) is 0 Å². The lowest BCUT2D eigenvalue weighted by Gasteiger charge is -2.26. The van der Waals surface area contributed by atoms with Gasteiger partial charge in [-0.15, -0.1) is 0 Å². The average Bonchev–Trinajstić information content (AvgIpc) is 2.33. The van der Waals surface area contributed by atoms with Gasteiger partial charge in [0.1, 0.15) is 5.00 Å². The van der Waals surface area contributed by atoms with E-state index in [0.29, 0.717) is 0 Å². The fourth-order valence-electron chi connectivity index (χ4n) is 1.27. The van der Waals surface area contributed by atoms with Crippen LogP contribution in [0.25, 0.3) is 0 Å². The van der Waals surface area contributed by atoms with Crippen LogP contribution in [0.5, 0.6) is 0 Å². The van der Waals surface area contributed by atoms with Crippen molar-refractivity contribution >= 4 is 16.5 Å². The third-order valence-corrected chi connectivity index (χ3v) is 3.03. The van der Waals surface area contributed by atoms with Crippen molar-refractivity contribution in [3.63, 3.8) is 0 Å². The zero-order chi connectivity index (χ0) is 8.39. The third-order valence-electron chi connectivity index (χ3n) is 2.36. The molecule has 2 rings (SSSR count). The van der Waals surface area contributed by atoms with Gasteiger partial charge in [-0.2, -0.15) is 4.37 Å². The second-order valence-electron chi connectivity index (χ2n) is 3.22. The molecule has 3 N–H and O–H groups in total. The lowest BCUT2D eigenvalue weighted by atomic mass is 9.93. The number of aromatic nitrogens is 1. The van der Waals surface area contributed by atoms with Gasteiger partial charge < -0.3 is 11.1 Å². The quantitative estimate of drug-likeness (QED) is 0.744. The Kier molecular flexibility index (Phi) is 2.28. The number of rotatable bonds is 3. The van der Waals surface area contributed by atoms with Gasteiger partial charge in [0.15, 0.2) is 0 Å². The topological polar surface area (TPSA) is 50.9 Å². The number of nitrogens with two attached hydrogens (primary N) is 1. The molecule has 1 aliphatic rings. The highest BCUT2D eigenvalue weighted by atomic mass is 32.1. The minimum atomic E-state index is 0.726. The maximum Gasteiger partial charge on any atom is 0.111 e.